The molecule has 0 saturated carbocycles. The molecule has 2 unspecified atom stereocenters. The third-order valence-electron chi connectivity index (χ3n) is 4.65. The normalized spacial score (nSPS) is 33.6. The van der Waals surface area contributed by atoms with Gasteiger partial charge in [-0.1, -0.05) is 0 Å². The number of ether oxygens (including phenoxy) is 1. The van der Waals surface area contributed by atoms with E-state index in [1.807, 2.05) is 20.9 Å². The number of nitrogens with zero attached hydrogens (tertiary/aromatic N) is 1. The van der Waals surface area contributed by atoms with Gasteiger partial charge in [-0.3, -0.25) is 0 Å². The van der Waals surface area contributed by atoms with Gasteiger partial charge in [0.25, 0.3) is 10.2 Å². The maximum atomic E-state index is 12.5. The number of hydrogen-bond acceptors (Lipinski definition) is 4. The maximum absolute atomic E-state index is 12.5. The highest BCUT2D eigenvalue weighted by Crippen LogP contribution is 2.27. The van der Waals surface area contributed by atoms with Gasteiger partial charge in [0, 0.05) is 19.7 Å². The van der Waals surface area contributed by atoms with Gasteiger partial charge >= 0.3 is 0 Å². The molecular formula is C13H27N3O3S. The first-order chi connectivity index (χ1) is 9.37. The Kier molecular flexibility index (Phi) is 5.07. The van der Waals surface area contributed by atoms with Crippen LogP contribution < -0.4 is 10.0 Å². The molecule has 2 rings (SSSR count). The van der Waals surface area contributed by atoms with Gasteiger partial charge in [-0.2, -0.15) is 17.4 Å². The maximum Gasteiger partial charge on any atom is 0.280 e. The summed E-state index contributed by atoms with van der Waals surface area (Å²) in [6, 6.07) is 0. The van der Waals surface area contributed by atoms with Crippen LogP contribution in [-0.2, 0) is 14.9 Å². The number of nitrogens with one attached hydrogen (secondary N) is 2. The Balaban J connectivity index is 1.94. The molecule has 0 spiro atoms. The van der Waals surface area contributed by atoms with Gasteiger partial charge in [-0.15, -0.1) is 0 Å². The van der Waals surface area contributed by atoms with E-state index in [4.69, 9.17) is 4.74 Å². The van der Waals surface area contributed by atoms with Gasteiger partial charge in [0.2, 0.25) is 0 Å². The third-order valence-corrected chi connectivity index (χ3v) is 6.42. The van der Waals surface area contributed by atoms with E-state index in [0.717, 1.165) is 25.8 Å². The van der Waals surface area contributed by atoms with Crippen LogP contribution >= 0.6 is 0 Å². The molecule has 0 aromatic rings. The fourth-order valence-corrected chi connectivity index (χ4v) is 4.65. The highest BCUT2D eigenvalue weighted by Gasteiger charge is 2.42. The largest absolute Gasteiger partial charge is 0.376 e. The topological polar surface area (TPSA) is 70.7 Å². The lowest BCUT2D eigenvalue weighted by Crippen LogP contribution is -2.56. The lowest BCUT2D eigenvalue weighted by atomic mass is 9.97. The minimum absolute atomic E-state index is 0.0842. The Morgan fingerprint density at radius 3 is 2.50 bits per heavy atom. The lowest BCUT2D eigenvalue weighted by molar-refractivity contribution is 0.0949. The smallest absolute Gasteiger partial charge is 0.280 e. The van der Waals surface area contributed by atoms with Crippen molar-refractivity contribution in [3.63, 3.8) is 0 Å². The zero-order chi connectivity index (χ0) is 14.8. The summed E-state index contributed by atoms with van der Waals surface area (Å²) in [5.41, 5.74) is -0.485. The van der Waals surface area contributed by atoms with Crippen molar-refractivity contribution in [2.45, 2.75) is 44.8 Å². The molecular weight excluding hydrogens is 278 g/mol. The molecule has 0 aliphatic carbocycles. The summed E-state index contributed by atoms with van der Waals surface area (Å²) < 4.78 is 34.9. The van der Waals surface area contributed by atoms with Crippen LogP contribution in [0.3, 0.4) is 0 Å². The van der Waals surface area contributed by atoms with Crippen LogP contribution in [0.15, 0.2) is 0 Å². The van der Waals surface area contributed by atoms with Crippen molar-refractivity contribution in [2.24, 2.45) is 5.92 Å². The van der Waals surface area contributed by atoms with E-state index in [0.29, 0.717) is 25.6 Å². The first-order valence-corrected chi connectivity index (χ1v) is 8.86. The van der Waals surface area contributed by atoms with E-state index >= 15 is 0 Å². The van der Waals surface area contributed by atoms with Crippen molar-refractivity contribution in [3.05, 3.63) is 0 Å². The van der Waals surface area contributed by atoms with Crippen LogP contribution in [0.1, 0.15) is 33.1 Å². The first-order valence-electron chi connectivity index (χ1n) is 7.42. The summed E-state index contributed by atoms with van der Waals surface area (Å²) >= 11 is 0. The monoisotopic (exact) mass is 305 g/mol. The predicted molar refractivity (Wildman–Crippen MR) is 78.7 cm³/mol. The first kappa shape index (κ1) is 16.2. The number of piperidine rings is 1. The van der Waals surface area contributed by atoms with E-state index in [1.165, 1.54) is 0 Å². The van der Waals surface area contributed by atoms with Crippen molar-refractivity contribution in [1.29, 1.82) is 0 Å². The van der Waals surface area contributed by atoms with Crippen LogP contribution in [0.4, 0.5) is 0 Å². The van der Waals surface area contributed by atoms with Crippen molar-refractivity contribution < 1.29 is 13.2 Å². The summed E-state index contributed by atoms with van der Waals surface area (Å²) in [4.78, 5) is 0. The molecule has 0 radical (unpaired) electrons. The van der Waals surface area contributed by atoms with Gasteiger partial charge < -0.3 is 10.1 Å². The van der Waals surface area contributed by atoms with E-state index in [9.17, 15) is 8.42 Å². The van der Waals surface area contributed by atoms with Crippen molar-refractivity contribution in [3.8, 4) is 0 Å². The molecule has 118 valence electrons. The Bertz CT molecular complexity index is 421. The van der Waals surface area contributed by atoms with Crippen LogP contribution in [0, 0.1) is 5.92 Å². The average Bonchev–Trinajstić information content (AvgIpc) is 2.69. The van der Waals surface area contributed by atoms with Gasteiger partial charge in [-0.05, 0) is 52.6 Å². The van der Waals surface area contributed by atoms with Gasteiger partial charge in [0.05, 0.1) is 11.6 Å². The third kappa shape index (κ3) is 3.51. The van der Waals surface area contributed by atoms with Gasteiger partial charge in [0.1, 0.15) is 0 Å². The average molecular weight is 305 g/mol. The van der Waals surface area contributed by atoms with Crippen LogP contribution in [0.25, 0.3) is 0 Å². The Morgan fingerprint density at radius 2 is 2.00 bits per heavy atom. The minimum Gasteiger partial charge on any atom is -0.376 e. The predicted octanol–water partition coefficient (Wildman–Crippen LogP) is 0.320. The molecule has 2 fully saturated rings. The molecule has 0 aromatic carbocycles. The summed E-state index contributed by atoms with van der Waals surface area (Å²) in [6.45, 7) is 6.64. The van der Waals surface area contributed by atoms with Crippen molar-refractivity contribution in [2.75, 3.05) is 33.3 Å². The fourth-order valence-electron chi connectivity index (χ4n) is 2.97. The quantitative estimate of drug-likeness (QED) is 0.767. The Hall–Kier alpha value is -0.210. The van der Waals surface area contributed by atoms with Crippen molar-refractivity contribution in [1.82, 2.24) is 14.3 Å². The number of rotatable bonds is 5. The Labute approximate surface area is 122 Å². The molecule has 2 N–H and O–H groups in total. The molecule has 0 aromatic heterocycles. The van der Waals surface area contributed by atoms with Crippen LogP contribution in [0.2, 0.25) is 0 Å². The molecule has 7 heteroatoms. The second kappa shape index (κ2) is 6.27. The second-order valence-electron chi connectivity index (χ2n) is 6.19. The minimum atomic E-state index is -3.41. The van der Waals surface area contributed by atoms with E-state index < -0.39 is 15.7 Å². The zero-order valence-corrected chi connectivity index (χ0v) is 13.5. The highest BCUT2D eigenvalue weighted by atomic mass is 32.2. The summed E-state index contributed by atoms with van der Waals surface area (Å²) in [5, 5.41) is 3.16. The molecule has 2 aliphatic heterocycles. The zero-order valence-electron chi connectivity index (χ0n) is 12.7. The number of hydrogen-bond donors (Lipinski definition) is 2. The molecule has 2 aliphatic rings. The molecule has 2 atom stereocenters. The van der Waals surface area contributed by atoms with E-state index in [2.05, 4.69) is 10.0 Å². The molecule has 0 amide bonds. The molecule has 2 saturated heterocycles. The Morgan fingerprint density at radius 1 is 1.35 bits per heavy atom. The molecule has 0 bridgehead atoms. The lowest BCUT2D eigenvalue weighted by Gasteiger charge is -2.35. The fraction of sp³-hybridized carbons (Fsp3) is 1.00. The van der Waals surface area contributed by atoms with Crippen molar-refractivity contribution >= 4 is 10.2 Å². The summed E-state index contributed by atoms with van der Waals surface area (Å²) in [7, 11) is -1.48. The molecule has 2 heterocycles. The summed E-state index contributed by atoms with van der Waals surface area (Å²) in [5.74, 6) is 0.579. The van der Waals surface area contributed by atoms with Crippen LogP contribution in [0.5, 0.6) is 0 Å². The highest BCUT2D eigenvalue weighted by molar-refractivity contribution is 7.87. The standard InChI is InChI=1S/C13H27N3O3S/c1-11-13(2,6-9-19-11)15-20(17,18)16-7-4-12(5-8-16)10-14-3/h11-12,14-15H,4-10H2,1-3H3. The SMILES string of the molecule is CNCC1CCN(S(=O)(=O)NC2(C)CCOC2C)CC1. The summed E-state index contributed by atoms with van der Waals surface area (Å²) in [6.07, 6.45) is 2.48. The van der Waals surface area contributed by atoms with Crippen LogP contribution in [-0.4, -0.2) is 57.7 Å². The second-order valence-corrected chi connectivity index (χ2v) is 7.86. The molecule has 6 nitrogen and oxygen atoms in total. The van der Waals surface area contributed by atoms with E-state index in [1.54, 1.807) is 4.31 Å². The van der Waals surface area contributed by atoms with Gasteiger partial charge in [0.15, 0.2) is 0 Å². The molecule has 20 heavy (non-hydrogen) atoms. The van der Waals surface area contributed by atoms with E-state index in [-0.39, 0.29) is 6.10 Å². The van der Waals surface area contributed by atoms with Gasteiger partial charge in [-0.25, -0.2) is 0 Å².